The van der Waals surface area contributed by atoms with Crippen LogP contribution in [0.3, 0.4) is 0 Å². The van der Waals surface area contributed by atoms with E-state index in [9.17, 15) is 0 Å². The summed E-state index contributed by atoms with van der Waals surface area (Å²) in [7, 11) is 0. The molecule has 3 rings (SSSR count). The van der Waals surface area contributed by atoms with Crippen molar-refractivity contribution in [2.45, 2.75) is 25.6 Å². The van der Waals surface area contributed by atoms with E-state index in [4.69, 9.17) is 21.1 Å². The van der Waals surface area contributed by atoms with Crippen molar-refractivity contribution in [3.63, 3.8) is 0 Å². The molecule has 1 heterocycles. The fraction of sp³-hybridized carbons (Fsp3) is 0.294. The van der Waals surface area contributed by atoms with Gasteiger partial charge in [-0.15, -0.1) is 0 Å². The van der Waals surface area contributed by atoms with Gasteiger partial charge in [-0.1, -0.05) is 41.9 Å². The van der Waals surface area contributed by atoms with Crippen molar-refractivity contribution < 1.29 is 9.47 Å². The van der Waals surface area contributed by atoms with E-state index in [1.54, 1.807) is 0 Å². The lowest BCUT2D eigenvalue weighted by atomic mass is 10.1. The standard InChI is InChI=1S/C17H18ClNO2/c1-17(2)11-20-16(19-17)13-9-6-10-14(15(13)18)21-12-7-4-3-5-8-12/h3-10,16,19H,11H2,1-2H3. The summed E-state index contributed by atoms with van der Waals surface area (Å²) in [5.74, 6) is 1.40. The van der Waals surface area contributed by atoms with Gasteiger partial charge in [0.15, 0.2) is 0 Å². The molecule has 110 valence electrons. The van der Waals surface area contributed by atoms with Crippen LogP contribution in [0, 0.1) is 0 Å². The van der Waals surface area contributed by atoms with Crippen molar-refractivity contribution >= 4 is 11.6 Å². The molecule has 1 aliphatic heterocycles. The number of rotatable bonds is 3. The van der Waals surface area contributed by atoms with E-state index in [1.165, 1.54) is 0 Å². The molecule has 1 N–H and O–H groups in total. The van der Waals surface area contributed by atoms with Gasteiger partial charge in [0.1, 0.15) is 17.7 Å². The Morgan fingerprint density at radius 1 is 1.14 bits per heavy atom. The minimum absolute atomic E-state index is 0.0513. The Kier molecular flexibility index (Phi) is 3.89. The predicted octanol–water partition coefficient (Wildman–Crippen LogP) is 4.53. The molecule has 0 amide bonds. The third-order valence-corrected chi connectivity index (χ3v) is 3.78. The molecule has 0 bridgehead atoms. The molecule has 1 unspecified atom stereocenters. The Morgan fingerprint density at radius 3 is 2.57 bits per heavy atom. The van der Waals surface area contributed by atoms with E-state index in [1.807, 2.05) is 48.5 Å². The first-order valence-electron chi connectivity index (χ1n) is 6.96. The van der Waals surface area contributed by atoms with Crippen LogP contribution in [0.1, 0.15) is 25.6 Å². The molecule has 1 fully saturated rings. The van der Waals surface area contributed by atoms with Crippen molar-refractivity contribution in [1.29, 1.82) is 0 Å². The number of hydrogen-bond acceptors (Lipinski definition) is 3. The zero-order chi connectivity index (χ0) is 14.9. The van der Waals surface area contributed by atoms with E-state index in [-0.39, 0.29) is 11.8 Å². The third-order valence-electron chi connectivity index (χ3n) is 3.38. The second-order valence-electron chi connectivity index (χ2n) is 5.79. The highest BCUT2D eigenvalue weighted by molar-refractivity contribution is 6.32. The van der Waals surface area contributed by atoms with Gasteiger partial charge >= 0.3 is 0 Å². The van der Waals surface area contributed by atoms with Crippen molar-refractivity contribution in [1.82, 2.24) is 5.32 Å². The molecule has 2 aromatic rings. The average Bonchev–Trinajstić information content (AvgIpc) is 2.82. The molecule has 1 atom stereocenters. The second kappa shape index (κ2) is 5.68. The van der Waals surface area contributed by atoms with Gasteiger partial charge in [-0.2, -0.15) is 0 Å². The smallest absolute Gasteiger partial charge is 0.146 e. The van der Waals surface area contributed by atoms with Crippen LogP contribution < -0.4 is 10.1 Å². The Balaban J connectivity index is 1.86. The summed E-state index contributed by atoms with van der Waals surface area (Å²) in [6.07, 6.45) is -0.202. The van der Waals surface area contributed by atoms with Crippen molar-refractivity contribution in [3.8, 4) is 11.5 Å². The zero-order valence-electron chi connectivity index (χ0n) is 12.1. The van der Waals surface area contributed by atoms with Gasteiger partial charge in [0, 0.05) is 11.1 Å². The lowest BCUT2D eigenvalue weighted by Crippen LogP contribution is -2.35. The summed E-state index contributed by atoms with van der Waals surface area (Å²) < 4.78 is 11.6. The van der Waals surface area contributed by atoms with Crippen LogP contribution in [-0.2, 0) is 4.74 Å². The molecule has 1 saturated heterocycles. The molecule has 0 aliphatic carbocycles. The molecule has 0 saturated carbocycles. The van der Waals surface area contributed by atoms with E-state index >= 15 is 0 Å². The number of benzene rings is 2. The van der Waals surface area contributed by atoms with E-state index in [2.05, 4.69) is 19.2 Å². The quantitative estimate of drug-likeness (QED) is 0.903. The van der Waals surface area contributed by atoms with Crippen molar-refractivity contribution in [2.75, 3.05) is 6.61 Å². The highest BCUT2D eigenvalue weighted by Crippen LogP contribution is 2.37. The molecular weight excluding hydrogens is 286 g/mol. The molecular formula is C17H18ClNO2. The fourth-order valence-corrected chi connectivity index (χ4v) is 2.59. The second-order valence-corrected chi connectivity index (χ2v) is 6.17. The molecule has 0 spiro atoms. The van der Waals surface area contributed by atoms with Crippen molar-refractivity contribution in [3.05, 3.63) is 59.1 Å². The molecule has 1 aliphatic rings. The summed E-state index contributed by atoms with van der Waals surface area (Å²) in [5.41, 5.74) is 0.847. The minimum Gasteiger partial charge on any atom is -0.456 e. The Hall–Kier alpha value is -1.55. The zero-order valence-corrected chi connectivity index (χ0v) is 12.9. The molecule has 3 nitrogen and oxygen atoms in total. The largest absolute Gasteiger partial charge is 0.456 e. The van der Waals surface area contributed by atoms with Gasteiger partial charge in [-0.3, -0.25) is 5.32 Å². The van der Waals surface area contributed by atoms with Crippen LogP contribution in [0.2, 0.25) is 5.02 Å². The lowest BCUT2D eigenvalue weighted by molar-refractivity contribution is 0.0988. The average molecular weight is 304 g/mol. The van der Waals surface area contributed by atoms with Crippen LogP contribution in [0.4, 0.5) is 0 Å². The van der Waals surface area contributed by atoms with Crippen LogP contribution >= 0.6 is 11.6 Å². The Morgan fingerprint density at radius 2 is 1.90 bits per heavy atom. The topological polar surface area (TPSA) is 30.5 Å². The maximum Gasteiger partial charge on any atom is 0.146 e. The van der Waals surface area contributed by atoms with E-state index < -0.39 is 0 Å². The monoisotopic (exact) mass is 303 g/mol. The summed E-state index contributed by atoms with van der Waals surface area (Å²) in [5, 5.41) is 4.00. The lowest BCUT2D eigenvalue weighted by Gasteiger charge is -2.19. The van der Waals surface area contributed by atoms with E-state index in [0.29, 0.717) is 17.4 Å². The number of halogens is 1. The first-order valence-corrected chi connectivity index (χ1v) is 7.34. The molecule has 2 aromatic carbocycles. The summed E-state index contributed by atoms with van der Waals surface area (Å²) in [4.78, 5) is 0. The molecule has 4 heteroatoms. The van der Waals surface area contributed by atoms with Gasteiger partial charge < -0.3 is 9.47 Å². The van der Waals surface area contributed by atoms with Crippen molar-refractivity contribution in [2.24, 2.45) is 0 Å². The molecule has 21 heavy (non-hydrogen) atoms. The van der Waals surface area contributed by atoms with Gasteiger partial charge in [0.05, 0.1) is 11.6 Å². The van der Waals surface area contributed by atoms with Crippen LogP contribution in [0.25, 0.3) is 0 Å². The van der Waals surface area contributed by atoms with Crippen LogP contribution in [0.5, 0.6) is 11.5 Å². The SMILES string of the molecule is CC1(C)COC(c2cccc(Oc3ccccc3)c2Cl)N1. The molecule has 0 aromatic heterocycles. The third kappa shape index (κ3) is 3.21. The number of hydrogen-bond donors (Lipinski definition) is 1. The predicted molar refractivity (Wildman–Crippen MR) is 83.9 cm³/mol. The summed E-state index contributed by atoms with van der Waals surface area (Å²) >= 11 is 6.49. The van der Waals surface area contributed by atoms with Gasteiger partial charge in [0.2, 0.25) is 0 Å². The highest BCUT2D eigenvalue weighted by Gasteiger charge is 2.33. The first-order chi connectivity index (χ1) is 10.1. The number of ether oxygens (including phenoxy) is 2. The van der Waals surface area contributed by atoms with E-state index in [0.717, 1.165) is 11.3 Å². The van der Waals surface area contributed by atoms with Crippen LogP contribution in [-0.4, -0.2) is 12.1 Å². The fourth-order valence-electron chi connectivity index (χ4n) is 2.32. The summed E-state index contributed by atoms with van der Waals surface area (Å²) in [6, 6.07) is 15.3. The Bertz CT molecular complexity index is 628. The first kappa shape index (κ1) is 14.4. The summed E-state index contributed by atoms with van der Waals surface area (Å²) in [6.45, 7) is 4.86. The van der Waals surface area contributed by atoms with Crippen LogP contribution in [0.15, 0.2) is 48.5 Å². The highest BCUT2D eigenvalue weighted by atomic mass is 35.5. The minimum atomic E-state index is -0.202. The van der Waals surface area contributed by atoms with Gasteiger partial charge in [-0.05, 0) is 32.0 Å². The Labute approximate surface area is 129 Å². The maximum absolute atomic E-state index is 6.49. The maximum atomic E-state index is 6.49. The van der Waals surface area contributed by atoms with Gasteiger partial charge in [-0.25, -0.2) is 0 Å². The van der Waals surface area contributed by atoms with Gasteiger partial charge in [0.25, 0.3) is 0 Å². The normalized spacial score (nSPS) is 20.4. The number of nitrogens with one attached hydrogen (secondary N) is 1. The number of para-hydroxylation sites is 1. The molecule has 0 radical (unpaired) electrons.